The number of benzene rings is 1. The molecule has 0 amide bonds. The number of nitrogens with zero attached hydrogens (tertiary/aromatic N) is 1. The molecule has 118 valence electrons. The van der Waals surface area contributed by atoms with Gasteiger partial charge in [-0.1, -0.05) is 0 Å². The first kappa shape index (κ1) is 16.4. The number of likely N-dealkylation sites (tertiary alicyclic amines) is 1. The molecule has 1 aromatic rings. The van der Waals surface area contributed by atoms with Crippen molar-refractivity contribution in [1.82, 2.24) is 9.62 Å². The summed E-state index contributed by atoms with van der Waals surface area (Å²) in [6.45, 7) is 1.72. The minimum Gasteiger partial charge on any atom is -0.306 e. The lowest BCUT2D eigenvalue weighted by Gasteiger charge is -2.29. The van der Waals surface area contributed by atoms with Crippen LogP contribution in [0, 0.1) is 0 Å². The molecule has 1 aliphatic heterocycles. The second kappa shape index (κ2) is 6.04. The maximum absolute atomic E-state index is 12.3. The summed E-state index contributed by atoms with van der Waals surface area (Å²) >= 11 is 0. The van der Waals surface area contributed by atoms with Gasteiger partial charge in [0.2, 0.25) is 10.0 Å². The minimum atomic E-state index is -3.60. The number of sulfonamides is 1. The Labute approximate surface area is 126 Å². The number of nitrogens with one attached hydrogen (secondary N) is 1. The van der Waals surface area contributed by atoms with E-state index in [9.17, 15) is 16.8 Å². The van der Waals surface area contributed by atoms with Gasteiger partial charge in [-0.2, -0.15) is 0 Å². The van der Waals surface area contributed by atoms with Crippen LogP contribution in [0.3, 0.4) is 0 Å². The van der Waals surface area contributed by atoms with Crippen molar-refractivity contribution >= 4 is 19.9 Å². The van der Waals surface area contributed by atoms with Gasteiger partial charge in [0.15, 0.2) is 9.84 Å². The highest BCUT2D eigenvalue weighted by molar-refractivity contribution is 7.90. The van der Waals surface area contributed by atoms with E-state index in [2.05, 4.69) is 9.62 Å². The van der Waals surface area contributed by atoms with Crippen molar-refractivity contribution in [3.05, 3.63) is 24.3 Å². The maximum atomic E-state index is 12.3. The van der Waals surface area contributed by atoms with Crippen LogP contribution in [0.15, 0.2) is 34.1 Å². The van der Waals surface area contributed by atoms with E-state index in [0.29, 0.717) is 0 Å². The Bertz CT molecular complexity index is 688. The van der Waals surface area contributed by atoms with Gasteiger partial charge < -0.3 is 4.90 Å². The van der Waals surface area contributed by atoms with Crippen molar-refractivity contribution in [2.24, 2.45) is 0 Å². The van der Waals surface area contributed by atoms with Crippen LogP contribution in [0.4, 0.5) is 0 Å². The molecule has 1 fully saturated rings. The zero-order valence-corrected chi connectivity index (χ0v) is 13.7. The van der Waals surface area contributed by atoms with E-state index in [1.54, 1.807) is 0 Å². The van der Waals surface area contributed by atoms with E-state index in [0.717, 1.165) is 32.2 Å². The monoisotopic (exact) mass is 332 g/mol. The molecule has 1 N–H and O–H groups in total. The normalized spacial score (nSPS) is 18.8. The molecule has 21 heavy (non-hydrogen) atoms. The molecule has 0 bridgehead atoms. The number of sulfone groups is 1. The van der Waals surface area contributed by atoms with Crippen molar-refractivity contribution in [2.45, 2.75) is 28.7 Å². The van der Waals surface area contributed by atoms with Gasteiger partial charge in [0.05, 0.1) is 9.79 Å². The highest BCUT2D eigenvalue weighted by Crippen LogP contribution is 2.16. The summed E-state index contributed by atoms with van der Waals surface area (Å²) in [7, 11) is -4.91. The second-order valence-electron chi connectivity index (χ2n) is 5.44. The first-order valence-electron chi connectivity index (χ1n) is 6.69. The summed E-state index contributed by atoms with van der Waals surface area (Å²) in [5, 5.41) is 0. The predicted molar refractivity (Wildman–Crippen MR) is 80.4 cm³/mol. The number of piperidine rings is 1. The fourth-order valence-electron chi connectivity index (χ4n) is 2.28. The molecule has 0 aromatic heterocycles. The molecule has 1 saturated heterocycles. The van der Waals surface area contributed by atoms with Gasteiger partial charge in [0.25, 0.3) is 0 Å². The predicted octanol–water partition coefficient (Wildman–Crippen LogP) is 0.463. The third-order valence-corrected chi connectivity index (χ3v) is 6.27. The van der Waals surface area contributed by atoms with Crippen molar-refractivity contribution in [3.8, 4) is 0 Å². The highest BCUT2D eigenvalue weighted by atomic mass is 32.2. The Morgan fingerprint density at radius 3 is 1.95 bits per heavy atom. The lowest BCUT2D eigenvalue weighted by Crippen LogP contribution is -2.43. The van der Waals surface area contributed by atoms with E-state index in [1.165, 1.54) is 24.3 Å². The zero-order chi connectivity index (χ0) is 15.7. The molecule has 0 radical (unpaired) electrons. The molecule has 0 saturated carbocycles. The van der Waals surface area contributed by atoms with E-state index in [-0.39, 0.29) is 15.8 Å². The van der Waals surface area contributed by atoms with Crippen molar-refractivity contribution in [1.29, 1.82) is 0 Å². The largest absolute Gasteiger partial charge is 0.306 e. The van der Waals surface area contributed by atoms with Crippen LogP contribution >= 0.6 is 0 Å². The summed E-state index contributed by atoms with van der Waals surface area (Å²) in [5.74, 6) is 0. The fraction of sp³-hybridized carbons (Fsp3) is 0.538. The summed E-state index contributed by atoms with van der Waals surface area (Å²) in [6, 6.07) is 5.22. The molecule has 2 rings (SSSR count). The zero-order valence-electron chi connectivity index (χ0n) is 12.1. The van der Waals surface area contributed by atoms with Gasteiger partial charge in [0, 0.05) is 12.3 Å². The van der Waals surface area contributed by atoms with Crippen LogP contribution in [0.1, 0.15) is 12.8 Å². The van der Waals surface area contributed by atoms with Crippen LogP contribution < -0.4 is 4.72 Å². The topological polar surface area (TPSA) is 83.6 Å². The fourth-order valence-corrected chi connectivity index (χ4v) is 4.22. The molecular formula is C13H20N2O4S2. The molecule has 0 atom stereocenters. The molecule has 0 aliphatic carbocycles. The average molecular weight is 332 g/mol. The lowest BCUT2D eigenvalue weighted by atomic mass is 10.1. The van der Waals surface area contributed by atoms with Gasteiger partial charge in [-0.3, -0.25) is 0 Å². The summed E-state index contributed by atoms with van der Waals surface area (Å²) in [6.07, 6.45) is 2.64. The SMILES string of the molecule is CN1CCC(NS(=O)(=O)c2ccc(S(C)(=O)=O)cc2)CC1. The molecule has 1 heterocycles. The van der Waals surface area contributed by atoms with Crippen LogP contribution in [-0.2, 0) is 19.9 Å². The standard InChI is InChI=1S/C13H20N2O4S2/c1-15-9-7-11(8-10-15)14-21(18,19)13-5-3-12(4-6-13)20(2,16)17/h3-6,11,14H,7-10H2,1-2H3. The Hall–Kier alpha value is -0.960. The number of hydrogen-bond donors (Lipinski definition) is 1. The molecule has 8 heteroatoms. The van der Waals surface area contributed by atoms with Gasteiger partial charge in [0.1, 0.15) is 0 Å². The van der Waals surface area contributed by atoms with Crippen LogP contribution in [0.2, 0.25) is 0 Å². The Morgan fingerprint density at radius 1 is 1.00 bits per heavy atom. The van der Waals surface area contributed by atoms with Gasteiger partial charge >= 0.3 is 0 Å². The summed E-state index contributed by atoms with van der Waals surface area (Å²) in [5.41, 5.74) is 0. The van der Waals surface area contributed by atoms with E-state index >= 15 is 0 Å². The maximum Gasteiger partial charge on any atom is 0.240 e. The second-order valence-corrected chi connectivity index (χ2v) is 9.17. The quantitative estimate of drug-likeness (QED) is 0.866. The van der Waals surface area contributed by atoms with Crippen LogP contribution in [0.25, 0.3) is 0 Å². The van der Waals surface area contributed by atoms with Crippen molar-refractivity contribution < 1.29 is 16.8 Å². The Kier molecular flexibility index (Phi) is 4.72. The van der Waals surface area contributed by atoms with E-state index in [4.69, 9.17) is 0 Å². The van der Waals surface area contributed by atoms with Crippen LogP contribution in [-0.4, -0.2) is 54.2 Å². The van der Waals surface area contributed by atoms with E-state index in [1.807, 2.05) is 7.05 Å². The first-order chi connectivity index (χ1) is 9.68. The van der Waals surface area contributed by atoms with E-state index < -0.39 is 19.9 Å². The number of hydrogen-bond acceptors (Lipinski definition) is 5. The van der Waals surface area contributed by atoms with Gasteiger partial charge in [-0.05, 0) is 57.2 Å². The minimum absolute atomic E-state index is 0.0687. The summed E-state index contributed by atoms with van der Waals surface area (Å²) < 4.78 is 50.0. The number of rotatable bonds is 4. The molecule has 1 aromatic carbocycles. The van der Waals surface area contributed by atoms with Gasteiger partial charge in [-0.15, -0.1) is 0 Å². The Morgan fingerprint density at radius 2 is 1.48 bits per heavy atom. The summed E-state index contributed by atoms with van der Waals surface area (Å²) in [4.78, 5) is 2.36. The molecule has 0 spiro atoms. The molecule has 6 nitrogen and oxygen atoms in total. The molecule has 0 unspecified atom stereocenters. The van der Waals surface area contributed by atoms with Crippen LogP contribution in [0.5, 0.6) is 0 Å². The third kappa shape index (κ3) is 4.26. The lowest BCUT2D eigenvalue weighted by molar-refractivity contribution is 0.248. The molecule has 1 aliphatic rings. The molecular weight excluding hydrogens is 312 g/mol. The van der Waals surface area contributed by atoms with Crippen molar-refractivity contribution in [3.63, 3.8) is 0 Å². The van der Waals surface area contributed by atoms with Gasteiger partial charge in [-0.25, -0.2) is 21.6 Å². The Balaban J connectivity index is 2.13. The first-order valence-corrected chi connectivity index (χ1v) is 10.1. The highest BCUT2D eigenvalue weighted by Gasteiger charge is 2.23. The van der Waals surface area contributed by atoms with Crippen molar-refractivity contribution in [2.75, 3.05) is 26.4 Å². The average Bonchev–Trinajstić information content (AvgIpc) is 2.40. The third-order valence-electron chi connectivity index (χ3n) is 3.60. The smallest absolute Gasteiger partial charge is 0.240 e.